The van der Waals surface area contributed by atoms with Crippen molar-refractivity contribution in [2.24, 2.45) is 5.41 Å². The SMILES string of the molecule is CC(=O)c1cn(CC(=O)N2[C@H](C(=O)Nc3nc(C(F)(F)F)ccc3C)C[C@@]3(C)C[C@@H]23)c2c(C)cc(-c3cnc(CF)nc3)cc12. The number of aromatic nitrogens is 4. The Hall–Kier alpha value is -4.68. The number of hydrogen-bond acceptors (Lipinski definition) is 6. The Morgan fingerprint density at radius 2 is 1.76 bits per heavy atom. The van der Waals surface area contributed by atoms with Crippen LogP contribution in [0.4, 0.5) is 23.4 Å². The van der Waals surface area contributed by atoms with Crippen LogP contribution in [0.2, 0.25) is 0 Å². The highest BCUT2D eigenvalue weighted by molar-refractivity contribution is 6.09. The topological polar surface area (TPSA) is 110 Å². The monoisotopic (exact) mass is 622 g/mol. The first-order valence-corrected chi connectivity index (χ1v) is 14.4. The second-order valence-electron chi connectivity index (χ2n) is 12.2. The zero-order chi connectivity index (χ0) is 32.4. The number of amides is 2. The number of pyridine rings is 1. The Bertz CT molecular complexity index is 1870. The lowest BCUT2D eigenvalue weighted by atomic mass is 10.0. The van der Waals surface area contributed by atoms with Crippen molar-refractivity contribution in [2.45, 2.75) is 72.0 Å². The number of fused-ring (bicyclic) bond motifs is 2. The van der Waals surface area contributed by atoms with E-state index in [0.717, 1.165) is 17.2 Å². The number of carbonyl (C=O) groups is 3. The number of nitrogens with zero attached hydrogens (tertiary/aromatic N) is 5. The van der Waals surface area contributed by atoms with Crippen molar-refractivity contribution in [1.82, 2.24) is 24.4 Å². The molecule has 4 heterocycles. The largest absolute Gasteiger partial charge is 0.433 e. The maximum atomic E-state index is 13.9. The van der Waals surface area contributed by atoms with Gasteiger partial charge in [0.15, 0.2) is 11.6 Å². The summed E-state index contributed by atoms with van der Waals surface area (Å²) in [4.78, 5) is 53.3. The van der Waals surface area contributed by atoms with Gasteiger partial charge in [-0.3, -0.25) is 14.4 Å². The van der Waals surface area contributed by atoms with Gasteiger partial charge in [-0.1, -0.05) is 13.0 Å². The van der Waals surface area contributed by atoms with Crippen LogP contribution in [-0.2, 0) is 29.0 Å². The average Bonchev–Trinajstić information content (AvgIpc) is 3.33. The highest BCUT2D eigenvalue weighted by Gasteiger charge is 2.64. The van der Waals surface area contributed by atoms with Gasteiger partial charge in [0, 0.05) is 41.1 Å². The molecule has 2 amide bonds. The highest BCUT2D eigenvalue weighted by atomic mass is 19.4. The molecule has 9 nitrogen and oxygen atoms in total. The number of Topliss-reactive ketones (excluding diaryl/α,β-unsaturated/α-hetero) is 1. The summed E-state index contributed by atoms with van der Waals surface area (Å²) in [5.74, 6) is -1.29. The lowest BCUT2D eigenvalue weighted by molar-refractivity contribution is -0.141. The predicted molar refractivity (Wildman–Crippen MR) is 157 cm³/mol. The maximum absolute atomic E-state index is 13.9. The van der Waals surface area contributed by atoms with Gasteiger partial charge in [0.25, 0.3) is 0 Å². The summed E-state index contributed by atoms with van der Waals surface area (Å²) >= 11 is 0. The molecule has 1 saturated heterocycles. The van der Waals surface area contributed by atoms with Gasteiger partial charge in [-0.05, 0) is 73.9 Å². The fraction of sp³-hybridized carbons (Fsp3) is 0.375. The standard InChI is InChI=1S/C32H30F4N6O3/c1-16-5-6-24(32(34,35)36)39-29(16)40-30(45)23-9-31(4)10-25(31)42(23)27(44)15-41-14-22(18(3)43)21-8-19(7-17(2)28(21)41)20-12-37-26(11-33)38-13-20/h5-8,12-14,23,25H,9-11,15H2,1-4H3,(H,39,40,45)/t23-,25+,31-/m0/s1. The molecule has 0 bridgehead atoms. The molecule has 1 aromatic carbocycles. The summed E-state index contributed by atoms with van der Waals surface area (Å²) in [6.45, 7) is 5.86. The van der Waals surface area contributed by atoms with Gasteiger partial charge in [0.05, 0.1) is 5.52 Å². The normalized spacial score (nSPS) is 20.8. The summed E-state index contributed by atoms with van der Waals surface area (Å²) in [5, 5.41) is 3.16. The first-order valence-electron chi connectivity index (χ1n) is 14.4. The third-order valence-electron chi connectivity index (χ3n) is 8.86. The molecular formula is C32H30F4N6O3. The van der Waals surface area contributed by atoms with Crippen molar-refractivity contribution in [1.29, 1.82) is 0 Å². The number of ketones is 1. The molecule has 0 unspecified atom stereocenters. The highest BCUT2D eigenvalue weighted by Crippen LogP contribution is 2.59. The summed E-state index contributed by atoms with van der Waals surface area (Å²) in [7, 11) is 0. The van der Waals surface area contributed by atoms with Crippen molar-refractivity contribution in [3.63, 3.8) is 0 Å². The number of aryl methyl sites for hydroxylation is 2. The molecule has 2 fully saturated rings. The lowest BCUT2D eigenvalue weighted by Gasteiger charge is -2.27. The number of piperidine rings is 1. The maximum Gasteiger partial charge on any atom is 0.433 e. The van der Waals surface area contributed by atoms with Crippen molar-refractivity contribution < 1.29 is 31.9 Å². The molecule has 234 valence electrons. The molecular weight excluding hydrogens is 592 g/mol. The molecule has 1 aliphatic heterocycles. The number of rotatable bonds is 7. The van der Waals surface area contributed by atoms with Crippen LogP contribution in [0.1, 0.15) is 59.7 Å². The lowest BCUT2D eigenvalue weighted by Crippen LogP contribution is -2.46. The van der Waals surface area contributed by atoms with E-state index < -0.39 is 30.5 Å². The van der Waals surface area contributed by atoms with E-state index in [1.165, 1.54) is 30.3 Å². The molecule has 1 N–H and O–H groups in total. The Morgan fingerprint density at radius 3 is 2.40 bits per heavy atom. The number of alkyl halides is 4. The van der Waals surface area contributed by atoms with E-state index in [0.29, 0.717) is 40.4 Å². The fourth-order valence-corrected chi connectivity index (χ4v) is 6.40. The van der Waals surface area contributed by atoms with Crippen molar-refractivity contribution >= 4 is 34.3 Å². The molecule has 13 heteroatoms. The molecule has 3 aromatic heterocycles. The van der Waals surface area contributed by atoms with Gasteiger partial charge in [-0.25, -0.2) is 19.3 Å². The van der Waals surface area contributed by atoms with E-state index in [1.807, 2.05) is 26.0 Å². The third-order valence-corrected chi connectivity index (χ3v) is 8.86. The van der Waals surface area contributed by atoms with E-state index in [1.54, 1.807) is 17.7 Å². The van der Waals surface area contributed by atoms with E-state index in [4.69, 9.17) is 0 Å². The second-order valence-corrected chi connectivity index (χ2v) is 12.2. The molecule has 45 heavy (non-hydrogen) atoms. The molecule has 6 rings (SSSR count). The molecule has 3 atom stereocenters. The van der Waals surface area contributed by atoms with E-state index >= 15 is 0 Å². The van der Waals surface area contributed by atoms with Gasteiger partial charge < -0.3 is 14.8 Å². The second kappa shape index (κ2) is 10.7. The minimum atomic E-state index is -4.68. The van der Waals surface area contributed by atoms with Gasteiger partial charge in [0.1, 0.15) is 30.8 Å². The fourth-order valence-electron chi connectivity index (χ4n) is 6.40. The number of nitrogens with one attached hydrogen (secondary N) is 1. The Balaban J connectivity index is 1.30. The Labute approximate surface area is 255 Å². The first-order chi connectivity index (χ1) is 21.2. The van der Waals surface area contributed by atoms with Crippen LogP contribution in [0.25, 0.3) is 22.0 Å². The molecule has 0 radical (unpaired) electrons. The summed E-state index contributed by atoms with van der Waals surface area (Å²) in [5.41, 5.74) is 2.17. The van der Waals surface area contributed by atoms with Crippen molar-refractivity contribution in [3.8, 4) is 11.1 Å². The van der Waals surface area contributed by atoms with Crippen LogP contribution < -0.4 is 5.32 Å². The number of benzene rings is 1. The average molecular weight is 623 g/mol. The number of hydrogen-bond donors (Lipinski definition) is 1. The van der Waals surface area contributed by atoms with Gasteiger partial charge >= 0.3 is 6.18 Å². The number of halogens is 4. The van der Waals surface area contributed by atoms with Gasteiger partial charge in [-0.15, -0.1) is 0 Å². The van der Waals surface area contributed by atoms with Gasteiger partial charge in [0.2, 0.25) is 11.8 Å². The molecule has 2 aliphatic rings. The molecule has 1 saturated carbocycles. The first kappa shape index (κ1) is 30.4. The van der Waals surface area contributed by atoms with E-state index in [-0.39, 0.29) is 41.3 Å². The number of anilines is 1. The zero-order valence-electron chi connectivity index (χ0n) is 25.0. The summed E-state index contributed by atoms with van der Waals surface area (Å²) in [6.07, 6.45) is 1.04. The quantitative estimate of drug-likeness (QED) is 0.206. The summed E-state index contributed by atoms with van der Waals surface area (Å²) in [6, 6.07) is 4.68. The molecule has 1 aliphatic carbocycles. The predicted octanol–water partition coefficient (Wildman–Crippen LogP) is 5.82. The van der Waals surface area contributed by atoms with Crippen LogP contribution in [0, 0.1) is 19.3 Å². The summed E-state index contributed by atoms with van der Waals surface area (Å²) < 4.78 is 54.4. The van der Waals surface area contributed by atoms with Crippen LogP contribution in [0.5, 0.6) is 0 Å². The van der Waals surface area contributed by atoms with Crippen molar-refractivity contribution in [3.05, 3.63) is 71.1 Å². The number of likely N-dealkylation sites (tertiary alicyclic amines) is 1. The smallest absolute Gasteiger partial charge is 0.337 e. The van der Waals surface area contributed by atoms with Gasteiger partial charge in [-0.2, -0.15) is 13.2 Å². The van der Waals surface area contributed by atoms with Crippen LogP contribution in [0.15, 0.2) is 42.9 Å². The minimum absolute atomic E-state index is 0.0625. The Kier molecular flexibility index (Phi) is 7.24. The van der Waals surface area contributed by atoms with Crippen LogP contribution >= 0.6 is 0 Å². The minimum Gasteiger partial charge on any atom is -0.337 e. The van der Waals surface area contributed by atoms with E-state index in [9.17, 15) is 31.9 Å². The third kappa shape index (κ3) is 5.44. The number of carbonyl (C=O) groups excluding carboxylic acids is 3. The zero-order valence-corrected chi connectivity index (χ0v) is 25.0. The van der Waals surface area contributed by atoms with Crippen LogP contribution in [-0.4, -0.2) is 54.1 Å². The Morgan fingerprint density at radius 1 is 1.04 bits per heavy atom. The molecule has 0 spiro atoms. The molecule has 4 aromatic rings. The van der Waals surface area contributed by atoms with Crippen molar-refractivity contribution in [2.75, 3.05) is 5.32 Å². The van der Waals surface area contributed by atoms with E-state index in [2.05, 4.69) is 20.3 Å². The van der Waals surface area contributed by atoms with Crippen LogP contribution in [0.3, 0.4) is 0 Å².